The maximum absolute atomic E-state index is 13.6. The van der Waals surface area contributed by atoms with Gasteiger partial charge in [-0.15, -0.1) is 0 Å². The number of carbonyl (C=O) groups is 2. The van der Waals surface area contributed by atoms with Crippen LogP contribution in [-0.2, 0) is 4.79 Å². The topological polar surface area (TPSA) is 110 Å². The quantitative estimate of drug-likeness (QED) is 0.630. The molecule has 1 rings (SSSR count). The fraction of sp³-hybridized carbons (Fsp3) is 0.333. The van der Waals surface area contributed by atoms with Gasteiger partial charge in [-0.1, -0.05) is 13.8 Å². The summed E-state index contributed by atoms with van der Waals surface area (Å²) in [4.78, 5) is 32.4. The molecule has 0 aliphatic heterocycles. The van der Waals surface area contributed by atoms with Crippen molar-refractivity contribution in [3.63, 3.8) is 0 Å². The van der Waals surface area contributed by atoms with E-state index in [0.29, 0.717) is 6.07 Å². The summed E-state index contributed by atoms with van der Waals surface area (Å²) in [6.45, 7) is 3.18. The van der Waals surface area contributed by atoms with Crippen LogP contribution in [0.4, 0.5) is 10.1 Å². The highest BCUT2D eigenvalue weighted by molar-refractivity contribution is 5.97. The molecule has 0 aliphatic rings. The number of nitrogens with zero attached hydrogens (tertiary/aromatic N) is 1. The molecule has 0 bridgehead atoms. The fourth-order valence-electron chi connectivity index (χ4n) is 1.53. The van der Waals surface area contributed by atoms with E-state index in [2.05, 4.69) is 5.32 Å². The van der Waals surface area contributed by atoms with Crippen LogP contribution in [0, 0.1) is 21.8 Å². The van der Waals surface area contributed by atoms with Crippen LogP contribution in [0.15, 0.2) is 18.2 Å². The van der Waals surface area contributed by atoms with Crippen molar-refractivity contribution in [1.29, 1.82) is 0 Å². The predicted octanol–water partition coefficient (Wildman–Crippen LogP) is 1.57. The van der Waals surface area contributed by atoms with Crippen LogP contribution < -0.4 is 5.32 Å². The molecule has 1 aromatic carbocycles. The summed E-state index contributed by atoms with van der Waals surface area (Å²) in [6, 6.07) is 1.36. The first kappa shape index (κ1) is 15.5. The minimum absolute atomic E-state index is 0.391. The molecule has 20 heavy (non-hydrogen) atoms. The summed E-state index contributed by atoms with van der Waals surface area (Å²) >= 11 is 0. The highest BCUT2D eigenvalue weighted by Gasteiger charge is 2.25. The van der Waals surface area contributed by atoms with Gasteiger partial charge in [-0.25, -0.2) is 9.18 Å². The van der Waals surface area contributed by atoms with E-state index < -0.39 is 45.8 Å². The molecular weight excluding hydrogens is 271 g/mol. The van der Waals surface area contributed by atoms with Crippen molar-refractivity contribution >= 4 is 17.6 Å². The molecule has 0 unspecified atom stereocenters. The van der Waals surface area contributed by atoms with Gasteiger partial charge in [0.1, 0.15) is 11.9 Å². The van der Waals surface area contributed by atoms with Crippen LogP contribution in [0.2, 0.25) is 0 Å². The number of hydrogen-bond acceptors (Lipinski definition) is 4. The van der Waals surface area contributed by atoms with E-state index in [1.54, 1.807) is 13.8 Å². The lowest BCUT2D eigenvalue weighted by atomic mass is 10.0. The third-order valence-corrected chi connectivity index (χ3v) is 2.63. The van der Waals surface area contributed by atoms with Gasteiger partial charge < -0.3 is 10.4 Å². The van der Waals surface area contributed by atoms with Crippen molar-refractivity contribution in [2.45, 2.75) is 19.9 Å². The highest BCUT2D eigenvalue weighted by Crippen LogP contribution is 2.17. The molecular formula is C12H13FN2O5. The minimum Gasteiger partial charge on any atom is -0.480 e. The van der Waals surface area contributed by atoms with E-state index in [-0.39, 0.29) is 0 Å². The molecule has 0 aliphatic carbocycles. The molecule has 0 saturated heterocycles. The number of non-ortho nitro benzene ring substituents is 1. The van der Waals surface area contributed by atoms with Crippen molar-refractivity contribution in [1.82, 2.24) is 5.32 Å². The number of carboxylic acids is 1. The molecule has 1 atom stereocenters. The molecule has 0 aromatic heterocycles. The number of rotatable bonds is 5. The summed E-state index contributed by atoms with van der Waals surface area (Å²) in [6.07, 6.45) is 0. The molecule has 1 aromatic rings. The lowest BCUT2D eigenvalue weighted by molar-refractivity contribution is -0.385. The van der Waals surface area contributed by atoms with Gasteiger partial charge in [0.05, 0.1) is 16.6 Å². The van der Waals surface area contributed by atoms with Crippen molar-refractivity contribution < 1.29 is 24.0 Å². The standard InChI is InChI=1S/C12H13FN2O5/c1-6(2)10(12(17)18)14-11(16)8-4-3-7(15(19)20)5-9(8)13/h3-6,10H,1-2H3,(H,14,16)(H,17,18)/t10-/m0/s1. The maximum atomic E-state index is 13.6. The predicted molar refractivity (Wildman–Crippen MR) is 66.8 cm³/mol. The van der Waals surface area contributed by atoms with Gasteiger partial charge in [0.15, 0.2) is 0 Å². The number of carboxylic acid groups (broad SMARTS) is 1. The Morgan fingerprint density at radius 3 is 2.40 bits per heavy atom. The van der Waals surface area contributed by atoms with Crippen molar-refractivity contribution in [3.8, 4) is 0 Å². The molecule has 0 spiro atoms. The number of carbonyl (C=O) groups excluding carboxylic acids is 1. The third kappa shape index (κ3) is 3.50. The third-order valence-electron chi connectivity index (χ3n) is 2.63. The SMILES string of the molecule is CC(C)[C@H](NC(=O)c1ccc([N+](=O)[O-])cc1F)C(=O)O. The Bertz CT molecular complexity index is 559. The second kappa shape index (κ2) is 6.09. The fourth-order valence-corrected chi connectivity index (χ4v) is 1.53. The molecule has 0 heterocycles. The van der Waals surface area contributed by atoms with Gasteiger partial charge in [0.2, 0.25) is 0 Å². The molecule has 8 heteroatoms. The van der Waals surface area contributed by atoms with E-state index in [9.17, 15) is 24.1 Å². The van der Waals surface area contributed by atoms with Gasteiger partial charge in [-0.05, 0) is 12.0 Å². The highest BCUT2D eigenvalue weighted by atomic mass is 19.1. The van der Waals surface area contributed by atoms with Crippen molar-refractivity contribution in [2.24, 2.45) is 5.92 Å². The van der Waals surface area contributed by atoms with Gasteiger partial charge in [0.25, 0.3) is 11.6 Å². The zero-order chi connectivity index (χ0) is 15.4. The lowest BCUT2D eigenvalue weighted by Crippen LogP contribution is -2.44. The maximum Gasteiger partial charge on any atom is 0.326 e. The minimum atomic E-state index is -1.24. The molecule has 0 radical (unpaired) electrons. The number of nitro benzene ring substituents is 1. The van der Waals surface area contributed by atoms with Crippen LogP contribution in [-0.4, -0.2) is 27.9 Å². The van der Waals surface area contributed by atoms with E-state index in [1.165, 1.54) is 0 Å². The normalized spacial score (nSPS) is 12.0. The first-order valence-electron chi connectivity index (χ1n) is 5.71. The van der Waals surface area contributed by atoms with Crippen molar-refractivity contribution in [3.05, 3.63) is 39.7 Å². The molecule has 2 N–H and O–H groups in total. The van der Waals surface area contributed by atoms with Crippen LogP contribution in [0.1, 0.15) is 24.2 Å². The lowest BCUT2D eigenvalue weighted by Gasteiger charge is -2.17. The number of nitrogens with one attached hydrogen (secondary N) is 1. The number of amides is 1. The van der Waals surface area contributed by atoms with Crippen LogP contribution >= 0.6 is 0 Å². The van der Waals surface area contributed by atoms with Crippen LogP contribution in [0.25, 0.3) is 0 Å². The summed E-state index contributed by atoms with van der Waals surface area (Å²) < 4.78 is 13.6. The van der Waals surface area contributed by atoms with Crippen LogP contribution in [0.3, 0.4) is 0 Å². The van der Waals surface area contributed by atoms with E-state index in [4.69, 9.17) is 5.11 Å². The summed E-state index contributed by atoms with van der Waals surface area (Å²) in [5.74, 6) is -3.64. The number of benzene rings is 1. The van der Waals surface area contributed by atoms with E-state index in [0.717, 1.165) is 12.1 Å². The van der Waals surface area contributed by atoms with Crippen LogP contribution in [0.5, 0.6) is 0 Å². The molecule has 7 nitrogen and oxygen atoms in total. The van der Waals surface area contributed by atoms with Gasteiger partial charge >= 0.3 is 5.97 Å². The molecule has 0 saturated carbocycles. The first-order valence-corrected chi connectivity index (χ1v) is 5.71. The first-order chi connectivity index (χ1) is 9.23. The second-order valence-corrected chi connectivity index (χ2v) is 4.45. The summed E-state index contributed by atoms with van der Waals surface area (Å²) in [5, 5.41) is 21.6. The molecule has 0 fully saturated rings. The molecule has 108 valence electrons. The second-order valence-electron chi connectivity index (χ2n) is 4.45. The number of hydrogen-bond donors (Lipinski definition) is 2. The van der Waals surface area contributed by atoms with E-state index in [1.807, 2.05) is 0 Å². The summed E-state index contributed by atoms with van der Waals surface area (Å²) in [7, 11) is 0. The Kier molecular flexibility index (Phi) is 4.73. The van der Waals surface area contributed by atoms with Gasteiger partial charge in [0, 0.05) is 6.07 Å². The summed E-state index contributed by atoms with van der Waals surface area (Å²) in [5.41, 5.74) is -0.930. The largest absolute Gasteiger partial charge is 0.480 e. The van der Waals surface area contributed by atoms with Crippen molar-refractivity contribution in [2.75, 3.05) is 0 Å². The Hall–Kier alpha value is -2.51. The van der Waals surface area contributed by atoms with Gasteiger partial charge in [-0.2, -0.15) is 0 Å². The Morgan fingerprint density at radius 2 is 2.00 bits per heavy atom. The number of nitro groups is 1. The number of aliphatic carboxylic acids is 1. The number of halogens is 1. The average molecular weight is 284 g/mol. The average Bonchev–Trinajstić information content (AvgIpc) is 2.34. The Balaban J connectivity index is 2.98. The smallest absolute Gasteiger partial charge is 0.326 e. The molecule has 1 amide bonds. The Labute approximate surface area is 113 Å². The van der Waals surface area contributed by atoms with E-state index >= 15 is 0 Å². The Morgan fingerprint density at radius 1 is 1.40 bits per heavy atom. The zero-order valence-electron chi connectivity index (χ0n) is 10.8. The monoisotopic (exact) mass is 284 g/mol. The zero-order valence-corrected chi connectivity index (χ0v) is 10.8. The van der Waals surface area contributed by atoms with Gasteiger partial charge in [-0.3, -0.25) is 14.9 Å².